The third kappa shape index (κ3) is 8.92. The average molecular weight is 767 g/mol. The number of likely N-dealkylation sites (tertiary alicyclic amines) is 1. The number of nitrogens with zero attached hydrogens (tertiary/aromatic N) is 3. The van der Waals surface area contributed by atoms with Crippen molar-refractivity contribution in [2.45, 2.75) is 51.2 Å². The van der Waals surface area contributed by atoms with Gasteiger partial charge in [-0.15, -0.1) is 24.5 Å². The van der Waals surface area contributed by atoms with Gasteiger partial charge in [-0.3, -0.25) is 14.5 Å². The van der Waals surface area contributed by atoms with Crippen LogP contribution in [0.2, 0.25) is 0 Å². The molecule has 1 fully saturated rings. The number of carboxylic acids is 1. The van der Waals surface area contributed by atoms with Gasteiger partial charge in [0.1, 0.15) is 23.6 Å². The minimum atomic E-state index is -4.98. The van der Waals surface area contributed by atoms with Crippen molar-refractivity contribution in [3.63, 3.8) is 0 Å². The van der Waals surface area contributed by atoms with Crippen molar-refractivity contribution < 1.29 is 46.5 Å². The van der Waals surface area contributed by atoms with Gasteiger partial charge in [-0.25, -0.2) is 18.7 Å². The summed E-state index contributed by atoms with van der Waals surface area (Å²) in [5.74, 6) is -4.01. The summed E-state index contributed by atoms with van der Waals surface area (Å²) in [5.41, 5.74) is 1.72. The summed E-state index contributed by atoms with van der Waals surface area (Å²) in [6.45, 7) is 6.48. The predicted molar refractivity (Wildman–Crippen MR) is 192 cm³/mol. The van der Waals surface area contributed by atoms with Crippen molar-refractivity contribution in [2.75, 3.05) is 13.1 Å². The smallest absolute Gasteiger partial charge is 0.481 e. The van der Waals surface area contributed by atoms with Crippen LogP contribution in [-0.4, -0.2) is 68.7 Å². The molecule has 1 amide bonds. The lowest BCUT2D eigenvalue weighted by molar-refractivity contribution is -0.274. The molecule has 2 atom stereocenters. The zero-order chi connectivity index (χ0) is 38.9. The van der Waals surface area contributed by atoms with Crippen LogP contribution in [0.15, 0.2) is 85.2 Å². The van der Waals surface area contributed by atoms with Crippen molar-refractivity contribution in [2.24, 2.45) is 5.92 Å². The first-order chi connectivity index (χ1) is 25.4. The molecule has 0 aliphatic carbocycles. The first-order valence-corrected chi connectivity index (χ1v) is 17.6. The second-order valence-electron chi connectivity index (χ2n) is 14.0. The number of rotatable bonds is 11. The van der Waals surface area contributed by atoms with Crippen LogP contribution in [-0.2, 0) is 16.6 Å². The largest absolute Gasteiger partial charge is 0.573 e. The molecule has 1 aliphatic heterocycles. The van der Waals surface area contributed by atoms with Gasteiger partial charge in [0, 0.05) is 58.7 Å². The summed E-state index contributed by atoms with van der Waals surface area (Å²) < 4.78 is 71.0. The van der Waals surface area contributed by atoms with Crippen molar-refractivity contribution in [1.29, 1.82) is 0 Å². The number of hydrogen-bond donors (Lipinski definition) is 3. The van der Waals surface area contributed by atoms with Gasteiger partial charge in [-0.1, -0.05) is 57.2 Å². The fourth-order valence-electron chi connectivity index (χ4n) is 5.98. The Morgan fingerprint density at radius 3 is 2.07 bits per heavy atom. The van der Waals surface area contributed by atoms with E-state index in [9.17, 15) is 37.4 Å². The third-order valence-corrected chi connectivity index (χ3v) is 10.5. The quantitative estimate of drug-likeness (QED) is 0.117. The Morgan fingerprint density at radius 1 is 0.889 bits per heavy atom. The average Bonchev–Trinajstić information content (AvgIpc) is 3.59. The lowest BCUT2D eigenvalue weighted by Gasteiger charge is -2.42. The van der Waals surface area contributed by atoms with Crippen LogP contribution in [0.1, 0.15) is 40.9 Å². The van der Waals surface area contributed by atoms with Gasteiger partial charge >= 0.3 is 12.3 Å². The van der Waals surface area contributed by atoms with Gasteiger partial charge in [0.25, 0.3) is 5.91 Å². The van der Waals surface area contributed by atoms with Gasteiger partial charge < -0.3 is 20.3 Å². The fraction of sp³-hybridized carbons (Fsp3) is 0.282. The highest BCUT2D eigenvalue weighted by molar-refractivity contribution is 7.14. The maximum Gasteiger partial charge on any atom is 0.573 e. The Kier molecular flexibility index (Phi) is 10.9. The number of aliphatic hydroxyl groups is 1. The van der Waals surface area contributed by atoms with Crippen LogP contribution in [0.5, 0.6) is 5.75 Å². The van der Waals surface area contributed by atoms with Gasteiger partial charge in [0.15, 0.2) is 5.82 Å². The Morgan fingerprint density at radius 2 is 1.50 bits per heavy atom. The van der Waals surface area contributed by atoms with Crippen molar-refractivity contribution in [1.82, 2.24) is 20.2 Å². The number of ether oxygens (including phenoxy) is 1. The molecule has 0 saturated carbocycles. The molecular formula is C39H35F5N4O5S. The lowest BCUT2D eigenvalue weighted by Crippen LogP contribution is -2.61. The maximum atomic E-state index is 15.2. The Labute approximate surface area is 311 Å². The van der Waals surface area contributed by atoms with Crippen molar-refractivity contribution >= 4 is 23.2 Å². The molecule has 3 N–H and O–H groups in total. The van der Waals surface area contributed by atoms with Gasteiger partial charge in [0.2, 0.25) is 0 Å². The van der Waals surface area contributed by atoms with E-state index in [0.29, 0.717) is 27.9 Å². The molecule has 3 aromatic carbocycles. The van der Waals surface area contributed by atoms with Crippen molar-refractivity contribution in [3.05, 3.63) is 112 Å². The summed E-state index contributed by atoms with van der Waals surface area (Å²) in [4.78, 5) is 36.6. The Bertz CT molecular complexity index is 2150. The van der Waals surface area contributed by atoms with E-state index in [4.69, 9.17) is 0 Å². The molecule has 9 nitrogen and oxygen atoms in total. The highest BCUT2D eigenvalue weighted by atomic mass is 32.1. The van der Waals surface area contributed by atoms with E-state index in [2.05, 4.69) is 40.8 Å². The number of nitrogens with one attached hydrogen (secondary N) is 1. The van der Waals surface area contributed by atoms with Gasteiger partial charge in [-0.05, 0) is 53.3 Å². The number of aliphatic carboxylic acids is 1. The molecule has 5 aromatic rings. The zero-order valence-electron chi connectivity index (χ0n) is 29.2. The second kappa shape index (κ2) is 15.2. The topological polar surface area (TPSA) is 125 Å². The van der Waals surface area contributed by atoms with Crippen LogP contribution < -0.4 is 10.1 Å². The highest BCUT2D eigenvalue weighted by Crippen LogP contribution is 2.33. The maximum absolute atomic E-state index is 15.2. The number of aromatic nitrogens is 2. The monoisotopic (exact) mass is 766 g/mol. The second-order valence-corrected chi connectivity index (χ2v) is 15.1. The van der Waals surface area contributed by atoms with E-state index in [1.54, 1.807) is 35.2 Å². The van der Waals surface area contributed by atoms with Crippen molar-refractivity contribution in [3.8, 4) is 39.4 Å². The fourth-order valence-corrected chi connectivity index (χ4v) is 6.94. The molecule has 0 bridgehead atoms. The number of halogens is 5. The molecule has 1 unspecified atom stereocenters. The van der Waals surface area contributed by atoms with E-state index < -0.39 is 47.9 Å². The van der Waals surface area contributed by atoms with Crippen LogP contribution in [0, 0.1) is 17.6 Å². The normalized spacial score (nSPS) is 15.0. The number of hydrogen-bond acceptors (Lipinski definition) is 8. The zero-order valence-corrected chi connectivity index (χ0v) is 30.0. The molecule has 15 heteroatoms. The van der Waals surface area contributed by atoms with Gasteiger partial charge in [0.05, 0.1) is 16.8 Å². The van der Waals surface area contributed by atoms with Crippen LogP contribution in [0.4, 0.5) is 22.0 Å². The van der Waals surface area contributed by atoms with E-state index in [-0.39, 0.29) is 47.5 Å². The SMILES string of the molecule is CC(C)(C)c1ccc(C(=O)N[C@@H](Cc2ccc(-c3ncc(-c4ccc(-c5ccc(OC(F)(F)F)cc5F)cc4F)cn3)cc2)C(O)N2CC(C(=O)O)C2)s1. The predicted octanol–water partition coefficient (Wildman–Crippen LogP) is 7.69. The first-order valence-electron chi connectivity index (χ1n) is 16.8. The Hall–Kier alpha value is -5.25. The molecule has 54 heavy (non-hydrogen) atoms. The van der Waals surface area contributed by atoms with Crippen LogP contribution >= 0.6 is 11.3 Å². The number of amides is 1. The van der Waals surface area contributed by atoms with Gasteiger partial charge in [-0.2, -0.15) is 0 Å². The highest BCUT2D eigenvalue weighted by Gasteiger charge is 2.39. The minimum absolute atomic E-state index is 0.106. The molecule has 2 aromatic heterocycles. The number of aliphatic hydroxyl groups excluding tert-OH is 1. The summed E-state index contributed by atoms with van der Waals surface area (Å²) in [7, 11) is 0. The van der Waals surface area contributed by atoms with E-state index >= 15 is 4.39 Å². The van der Waals surface area contributed by atoms with E-state index in [1.807, 2.05) is 6.07 Å². The summed E-state index contributed by atoms with van der Waals surface area (Å²) in [5, 5.41) is 23.5. The number of carboxylic acid groups (broad SMARTS) is 1. The molecule has 3 heterocycles. The number of alkyl halides is 3. The molecule has 1 saturated heterocycles. The van der Waals surface area contributed by atoms with Crippen LogP contribution in [0.3, 0.4) is 0 Å². The molecule has 6 rings (SSSR count). The standard InChI is InChI=1S/C39H35F5N4O5S/c1-38(2,3)33-13-12-32(54-33)35(49)47-31(36(50)48-19-25(20-48)37(51)52)14-21-4-6-22(7-5-21)34-45-17-24(18-46-34)28-10-8-23(15-29(28)40)27-11-9-26(16-30(27)41)53-39(42,43)44/h4-13,15-18,25,31,36,50H,14,19-20H2,1-3H3,(H,47,49)(H,51,52)/t31-,36?/m0/s1. The number of benzene rings is 3. The summed E-state index contributed by atoms with van der Waals surface area (Å²) >= 11 is 1.38. The minimum Gasteiger partial charge on any atom is -0.481 e. The van der Waals surface area contributed by atoms with E-state index in [1.165, 1.54) is 35.9 Å². The molecular weight excluding hydrogens is 732 g/mol. The number of carbonyl (C=O) groups excluding carboxylic acids is 1. The lowest BCUT2D eigenvalue weighted by atomic mass is 9.95. The third-order valence-electron chi connectivity index (χ3n) is 8.96. The number of carbonyl (C=O) groups is 2. The van der Waals surface area contributed by atoms with E-state index in [0.717, 1.165) is 28.6 Å². The Balaban J connectivity index is 1.14. The molecule has 0 spiro atoms. The molecule has 282 valence electrons. The first kappa shape index (κ1) is 38.5. The number of thiophene rings is 1. The summed E-state index contributed by atoms with van der Waals surface area (Å²) in [6.07, 6.45) is -3.03. The van der Waals surface area contributed by atoms with Crippen LogP contribution in [0.25, 0.3) is 33.6 Å². The molecule has 1 aliphatic rings. The summed E-state index contributed by atoms with van der Waals surface area (Å²) in [6, 6.07) is 16.5. The molecule has 0 radical (unpaired) electrons.